The van der Waals surface area contributed by atoms with Gasteiger partial charge in [0.25, 0.3) is 0 Å². The minimum Gasteiger partial charge on any atom is -0.331 e. The van der Waals surface area contributed by atoms with Gasteiger partial charge in [0, 0.05) is 19.2 Å². The molecule has 0 fully saturated rings. The van der Waals surface area contributed by atoms with Crippen LogP contribution in [-0.2, 0) is 19.2 Å². The number of fused-ring (bicyclic) bond motifs is 1. The molecule has 3 rings (SSSR count). The van der Waals surface area contributed by atoms with Crippen LogP contribution >= 0.6 is 12.6 Å². The third kappa shape index (κ3) is 2.38. The molecule has 0 unspecified atom stereocenters. The van der Waals surface area contributed by atoms with Gasteiger partial charge in [0.15, 0.2) is 0 Å². The predicted molar refractivity (Wildman–Crippen MR) is 82.7 cm³/mol. The number of thiol groups is 1. The zero-order chi connectivity index (χ0) is 13.2. The van der Waals surface area contributed by atoms with Crippen LogP contribution < -0.4 is 0 Å². The predicted octanol–water partition coefficient (Wildman–Crippen LogP) is 3.59. The molecule has 96 valence electrons. The van der Waals surface area contributed by atoms with E-state index in [4.69, 9.17) is 4.98 Å². The summed E-state index contributed by atoms with van der Waals surface area (Å²) in [5.74, 6) is 1.85. The molecule has 2 aromatic carbocycles. The molecule has 19 heavy (non-hydrogen) atoms. The van der Waals surface area contributed by atoms with Crippen molar-refractivity contribution in [2.24, 2.45) is 7.05 Å². The monoisotopic (exact) mass is 268 g/mol. The normalized spacial score (nSPS) is 11.1. The molecule has 0 bridgehead atoms. The molecule has 0 amide bonds. The summed E-state index contributed by atoms with van der Waals surface area (Å²) in [5, 5.41) is 0. The molecule has 3 heteroatoms. The van der Waals surface area contributed by atoms with Crippen molar-refractivity contribution >= 4 is 23.7 Å². The fourth-order valence-electron chi connectivity index (χ4n) is 2.32. The number of aryl methyl sites for hydroxylation is 1. The van der Waals surface area contributed by atoms with Crippen LogP contribution in [0.4, 0.5) is 0 Å². The molecule has 1 aromatic heterocycles. The molecule has 0 saturated carbocycles. The van der Waals surface area contributed by atoms with E-state index in [1.54, 1.807) is 0 Å². The Kier molecular flexibility index (Phi) is 3.30. The van der Waals surface area contributed by atoms with Crippen LogP contribution in [-0.4, -0.2) is 9.55 Å². The number of aromatic nitrogens is 2. The van der Waals surface area contributed by atoms with Gasteiger partial charge in [-0.15, -0.1) is 0 Å². The van der Waals surface area contributed by atoms with Crippen LogP contribution in [0.5, 0.6) is 0 Å². The second kappa shape index (κ2) is 5.10. The maximum absolute atomic E-state index is 4.72. The van der Waals surface area contributed by atoms with Gasteiger partial charge in [-0.25, -0.2) is 4.98 Å². The Labute approximate surface area is 118 Å². The lowest BCUT2D eigenvalue weighted by molar-refractivity contribution is 0.844. The third-order valence-corrected chi connectivity index (χ3v) is 3.79. The van der Waals surface area contributed by atoms with E-state index in [0.29, 0.717) is 0 Å². The third-order valence-electron chi connectivity index (χ3n) is 3.43. The SMILES string of the molecule is Cn1c(Cc2ccccc2)nc2ccc(CS)cc21. The maximum Gasteiger partial charge on any atom is 0.114 e. The van der Waals surface area contributed by atoms with Crippen molar-refractivity contribution in [3.05, 3.63) is 65.5 Å². The minimum atomic E-state index is 0.759. The summed E-state index contributed by atoms with van der Waals surface area (Å²) in [7, 11) is 2.08. The molecule has 0 aliphatic rings. The fourth-order valence-corrected chi connectivity index (χ4v) is 2.52. The Hall–Kier alpha value is -1.74. The summed E-state index contributed by atoms with van der Waals surface area (Å²) in [5.41, 5.74) is 4.75. The summed E-state index contributed by atoms with van der Waals surface area (Å²) in [4.78, 5) is 4.72. The largest absolute Gasteiger partial charge is 0.331 e. The fraction of sp³-hybridized carbons (Fsp3) is 0.188. The molecular weight excluding hydrogens is 252 g/mol. The van der Waals surface area contributed by atoms with Gasteiger partial charge < -0.3 is 4.57 Å². The second-order valence-electron chi connectivity index (χ2n) is 4.73. The van der Waals surface area contributed by atoms with Crippen LogP contribution in [0.1, 0.15) is 17.0 Å². The van der Waals surface area contributed by atoms with Crippen molar-refractivity contribution in [3.63, 3.8) is 0 Å². The maximum atomic E-state index is 4.72. The average Bonchev–Trinajstić information content (AvgIpc) is 2.76. The van der Waals surface area contributed by atoms with Crippen LogP contribution in [0.3, 0.4) is 0 Å². The second-order valence-corrected chi connectivity index (χ2v) is 5.05. The number of hydrogen-bond acceptors (Lipinski definition) is 2. The zero-order valence-electron chi connectivity index (χ0n) is 10.9. The van der Waals surface area contributed by atoms with Gasteiger partial charge in [-0.1, -0.05) is 36.4 Å². The molecule has 0 aliphatic heterocycles. The first-order valence-corrected chi connectivity index (χ1v) is 7.00. The number of imidazole rings is 1. The Morgan fingerprint density at radius 2 is 1.84 bits per heavy atom. The summed E-state index contributed by atoms with van der Waals surface area (Å²) in [6, 6.07) is 16.8. The van der Waals surface area contributed by atoms with Crippen LogP contribution in [0.15, 0.2) is 48.5 Å². The Balaban J connectivity index is 2.03. The van der Waals surface area contributed by atoms with E-state index in [2.05, 4.69) is 66.7 Å². The van der Waals surface area contributed by atoms with Crippen molar-refractivity contribution < 1.29 is 0 Å². The highest BCUT2D eigenvalue weighted by atomic mass is 32.1. The average molecular weight is 268 g/mol. The molecule has 0 spiro atoms. The summed E-state index contributed by atoms with van der Waals surface area (Å²) >= 11 is 4.33. The van der Waals surface area contributed by atoms with Crippen molar-refractivity contribution in [1.82, 2.24) is 9.55 Å². The molecule has 0 radical (unpaired) electrons. The number of hydrogen-bond donors (Lipinski definition) is 1. The summed E-state index contributed by atoms with van der Waals surface area (Å²) < 4.78 is 2.18. The topological polar surface area (TPSA) is 17.8 Å². The van der Waals surface area contributed by atoms with Crippen LogP contribution in [0.2, 0.25) is 0 Å². The number of rotatable bonds is 3. The zero-order valence-corrected chi connectivity index (χ0v) is 11.8. The van der Waals surface area contributed by atoms with Gasteiger partial charge in [0.2, 0.25) is 0 Å². The van der Waals surface area contributed by atoms with Gasteiger partial charge in [0.1, 0.15) is 5.82 Å². The standard InChI is InChI=1S/C16H16N2S/c1-18-15-9-13(11-19)7-8-14(15)17-16(18)10-12-5-3-2-4-6-12/h2-9,19H,10-11H2,1H3. The molecule has 1 heterocycles. The minimum absolute atomic E-state index is 0.759. The quantitative estimate of drug-likeness (QED) is 0.719. The van der Waals surface area contributed by atoms with Gasteiger partial charge >= 0.3 is 0 Å². The highest BCUT2D eigenvalue weighted by molar-refractivity contribution is 7.79. The van der Waals surface area contributed by atoms with E-state index in [-0.39, 0.29) is 0 Å². The highest BCUT2D eigenvalue weighted by Gasteiger charge is 2.08. The lowest BCUT2D eigenvalue weighted by Crippen LogP contribution is -1.98. The number of benzene rings is 2. The molecular formula is C16H16N2S. The summed E-state index contributed by atoms with van der Waals surface area (Å²) in [6.07, 6.45) is 0.863. The van der Waals surface area contributed by atoms with Gasteiger partial charge in [-0.05, 0) is 23.3 Å². The van der Waals surface area contributed by atoms with Crippen molar-refractivity contribution in [1.29, 1.82) is 0 Å². The van der Waals surface area contributed by atoms with Gasteiger partial charge in [-0.3, -0.25) is 0 Å². The van der Waals surface area contributed by atoms with Crippen molar-refractivity contribution in [2.75, 3.05) is 0 Å². The Morgan fingerprint density at radius 3 is 2.58 bits per heavy atom. The first kappa shape index (κ1) is 12.3. The summed E-state index contributed by atoms with van der Waals surface area (Å²) in [6.45, 7) is 0. The highest BCUT2D eigenvalue weighted by Crippen LogP contribution is 2.19. The smallest absolute Gasteiger partial charge is 0.114 e. The van der Waals surface area contributed by atoms with Gasteiger partial charge in [-0.2, -0.15) is 12.6 Å². The number of nitrogens with zero attached hydrogens (tertiary/aromatic N) is 2. The van der Waals surface area contributed by atoms with E-state index < -0.39 is 0 Å². The van der Waals surface area contributed by atoms with E-state index in [0.717, 1.165) is 23.5 Å². The molecule has 0 atom stereocenters. The van der Waals surface area contributed by atoms with E-state index in [1.807, 2.05) is 6.07 Å². The molecule has 0 N–H and O–H groups in total. The van der Waals surface area contributed by atoms with Crippen LogP contribution in [0.25, 0.3) is 11.0 Å². The lowest BCUT2D eigenvalue weighted by atomic mass is 10.1. The van der Waals surface area contributed by atoms with Crippen LogP contribution in [0, 0.1) is 0 Å². The van der Waals surface area contributed by atoms with E-state index >= 15 is 0 Å². The van der Waals surface area contributed by atoms with E-state index in [1.165, 1.54) is 16.6 Å². The molecule has 0 aliphatic carbocycles. The first-order chi connectivity index (χ1) is 9.28. The van der Waals surface area contributed by atoms with E-state index in [9.17, 15) is 0 Å². The Bertz CT molecular complexity index is 701. The Morgan fingerprint density at radius 1 is 1.05 bits per heavy atom. The molecule has 0 saturated heterocycles. The lowest BCUT2D eigenvalue weighted by Gasteiger charge is -2.03. The van der Waals surface area contributed by atoms with Crippen molar-refractivity contribution in [3.8, 4) is 0 Å². The van der Waals surface area contributed by atoms with Crippen molar-refractivity contribution in [2.45, 2.75) is 12.2 Å². The first-order valence-electron chi connectivity index (χ1n) is 6.37. The molecule has 2 nitrogen and oxygen atoms in total. The van der Waals surface area contributed by atoms with Gasteiger partial charge in [0.05, 0.1) is 11.0 Å². The molecule has 3 aromatic rings.